The molecule has 0 radical (unpaired) electrons. The van der Waals surface area contributed by atoms with Crippen LogP contribution in [0.15, 0.2) is 65.6 Å². The Hall–Kier alpha value is -3.26. The Morgan fingerprint density at radius 1 is 0.968 bits per heavy atom. The molecule has 0 fully saturated rings. The first-order valence-corrected chi connectivity index (χ1v) is 10.9. The van der Waals surface area contributed by atoms with Crippen molar-refractivity contribution in [1.29, 1.82) is 0 Å². The molecule has 0 aliphatic carbocycles. The summed E-state index contributed by atoms with van der Waals surface area (Å²) in [4.78, 5) is 12.7. The predicted octanol–water partition coefficient (Wildman–Crippen LogP) is 4.72. The first kappa shape index (κ1) is 22.4. The summed E-state index contributed by atoms with van der Waals surface area (Å²) in [5.41, 5.74) is 2.54. The van der Waals surface area contributed by atoms with E-state index in [0.717, 1.165) is 27.6 Å². The molecule has 5 nitrogen and oxygen atoms in total. The first-order chi connectivity index (χ1) is 14.6. The third-order valence-corrected chi connectivity index (χ3v) is 6.72. The van der Waals surface area contributed by atoms with Crippen LogP contribution in [0.3, 0.4) is 0 Å². The van der Waals surface area contributed by atoms with E-state index in [4.69, 9.17) is 0 Å². The number of anilines is 2. The lowest BCUT2D eigenvalue weighted by molar-refractivity contribution is -0.114. The van der Waals surface area contributed by atoms with Gasteiger partial charge < -0.3 is 5.32 Å². The van der Waals surface area contributed by atoms with Gasteiger partial charge in [0.05, 0.1) is 16.3 Å². The molecule has 0 aromatic heterocycles. The van der Waals surface area contributed by atoms with Gasteiger partial charge in [0.25, 0.3) is 10.0 Å². The van der Waals surface area contributed by atoms with Gasteiger partial charge in [0.15, 0.2) is 0 Å². The van der Waals surface area contributed by atoms with Gasteiger partial charge in [-0.25, -0.2) is 17.2 Å². The Labute approximate surface area is 180 Å². The Balaban J connectivity index is 2.00. The highest BCUT2D eigenvalue weighted by Crippen LogP contribution is 2.29. The molecule has 3 aromatic rings. The Morgan fingerprint density at radius 3 is 2.29 bits per heavy atom. The van der Waals surface area contributed by atoms with Crippen LogP contribution in [0, 0.1) is 32.4 Å². The average molecular weight is 445 g/mol. The number of sulfonamides is 1. The number of carbonyl (C=O) groups is 1. The van der Waals surface area contributed by atoms with Gasteiger partial charge in [0.1, 0.15) is 18.2 Å². The van der Waals surface area contributed by atoms with E-state index in [1.54, 1.807) is 31.2 Å². The van der Waals surface area contributed by atoms with Crippen molar-refractivity contribution in [2.24, 2.45) is 0 Å². The zero-order chi connectivity index (χ0) is 22.8. The quantitative estimate of drug-likeness (QED) is 0.598. The van der Waals surface area contributed by atoms with Gasteiger partial charge in [-0.3, -0.25) is 9.10 Å². The van der Waals surface area contributed by atoms with Crippen LogP contribution in [-0.2, 0) is 14.8 Å². The summed E-state index contributed by atoms with van der Waals surface area (Å²) in [6.07, 6.45) is 0. The van der Waals surface area contributed by atoms with Crippen molar-refractivity contribution < 1.29 is 22.0 Å². The molecule has 3 aromatic carbocycles. The van der Waals surface area contributed by atoms with E-state index in [0.29, 0.717) is 17.3 Å². The van der Waals surface area contributed by atoms with Gasteiger partial charge in [0, 0.05) is 6.07 Å². The zero-order valence-electron chi connectivity index (χ0n) is 17.3. The summed E-state index contributed by atoms with van der Waals surface area (Å²) in [7, 11) is -4.10. The third-order valence-electron chi connectivity index (χ3n) is 4.95. The van der Waals surface area contributed by atoms with E-state index in [-0.39, 0.29) is 10.6 Å². The SMILES string of the molecule is Cc1ccc(S(=O)(=O)N(CC(=O)Nc2ccc(F)cc2F)c2cccc(C)c2C)cc1. The number of nitrogens with zero attached hydrogens (tertiary/aromatic N) is 1. The maximum absolute atomic E-state index is 13.9. The number of rotatable bonds is 6. The van der Waals surface area contributed by atoms with Crippen LogP contribution in [0.4, 0.5) is 20.2 Å². The maximum atomic E-state index is 13.9. The number of halogens is 2. The van der Waals surface area contributed by atoms with Crippen LogP contribution in [0.25, 0.3) is 0 Å². The van der Waals surface area contributed by atoms with E-state index in [9.17, 15) is 22.0 Å². The highest BCUT2D eigenvalue weighted by atomic mass is 32.2. The highest BCUT2D eigenvalue weighted by Gasteiger charge is 2.28. The first-order valence-electron chi connectivity index (χ1n) is 9.50. The topological polar surface area (TPSA) is 66.5 Å². The maximum Gasteiger partial charge on any atom is 0.264 e. The lowest BCUT2D eigenvalue weighted by atomic mass is 10.1. The van der Waals surface area contributed by atoms with Crippen LogP contribution >= 0.6 is 0 Å². The second-order valence-electron chi connectivity index (χ2n) is 7.22. The van der Waals surface area contributed by atoms with Gasteiger partial charge >= 0.3 is 0 Å². The molecule has 0 unspecified atom stereocenters. The fraction of sp³-hybridized carbons (Fsp3) is 0.174. The van der Waals surface area contributed by atoms with Gasteiger partial charge in [-0.2, -0.15) is 0 Å². The minimum Gasteiger partial charge on any atom is -0.322 e. The number of aryl methyl sites for hydroxylation is 2. The molecule has 0 saturated heterocycles. The summed E-state index contributed by atoms with van der Waals surface area (Å²) < 4.78 is 54.9. The lowest BCUT2D eigenvalue weighted by Crippen LogP contribution is -2.38. The summed E-state index contributed by atoms with van der Waals surface area (Å²) in [6, 6.07) is 14.2. The molecular weight excluding hydrogens is 422 g/mol. The van der Waals surface area contributed by atoms with Crippen molar-refractivity contribution >= 4 is 27.3 Å². The fourth-order valence-electron chi connectivity index (χ4n) is 3.05. The van der Waals surface area contributed by atoms with Gasteiger partial charge in [0.2, 0.25) is 5.91 Å². The zero-order valence-corrected chi connectivity index (χ0v) is 18.1. The number of hydrogen-bond acceptors (Lipinski definition) is 3. The molecule has 0 aliphatic rings. The molecule has 3 rings (SSSR count). The predicted molar refractivity (Wildman–Crippen MR) is 117 cm³/mol. The van der Waals surface area contributed by atoms with Gasteiger partial charge in [-0.1, -0.05) is 29.8 Å². The largest absolute Gasteiger partial charge is 0.322 e. The Kier molecular flexibility index (Phi) is 6.40. The summed E-state index contributed by atoms with van der Waals surface area (Å²) in [5, 5.41) is 2.32. The van der Waals surface area contributed by atoms with Crippen LogP contribution in [0.2, 0.25) is 0 Å². The molecule has 0 aliphatic heterocycles. The van der Waals surface area contributed by atoms with Gasteiger partial charge in [-0.15, -0.1) is 0 Å². The van der Waals surface area contributed by atoms with E-state index < -0.39 is 34.1 Å². The summed E-state index contributed by atoms with van der Waals surface area (Å²) in [5.74, 6) is -2.50. The molecule has 31 heavy (non-hydrogen) atoms. The molecule has 0 saturated carbocycles. The standard InChI is InChI=1S/C23H22F2N2O3S/c1-15-7-10-19(11-8-15)31(29,30)27(22-6-4-5-16(2)17(22)3)14-23(28)26-21-12-9-18(24)13-20(21)25/h4-13H,14H2,1-3H3,(H,26,28). The smallest absolute Gasteiger partial charge is 0.264 e. The molecule has 0 spiro atoms. The van der Waals surface area contributed by atoms with Crippen LogP contribution < -0.4 is 9.62 Å². The fourth-order valence-corrected chi connectivity index (χ4v) is 4.53. The summed E-state index contributed by atoms with van der Waals surface area (Å²) in [6.45, 7) is 4.85. The molecule has 8 heteroatoms. The molecule has 0 bridgehead atoms. The van der Waals surface area contributed by atoms with E-state index in [1.807, 2.05) is 19.9 Å². The molecular formula is C23H22F2N2O3S. The van der Waals surface area contributed by atoms with Crippen molar-refractivity contribution in [3.63, 3.8) is 0 Å². The molecule has 162 valence electrons. The number of carbonyl (C=O) groups excluding carboxylic acids is 1. The van der Waals surface area contributed by atoms with Crippen molar-refractivity contribution in [2.75, 3.05) is 16.2 Å². The van der Waals surface area contributed by atoms with Crippen LogP contribution in [0.5, 0.6) is 0 Å². The van der Waals surface area contributed by atoms with E-state index in [1.165, 1.54) is 12.1 Å². The Morgan fingerprint density at radius 2 is 1.65 bits per heavy atom. The van der Waals surface area contributed by atoms with E-state index >= 15 is 0 Å². The Bertz CT molecular complexity index is 1230. The monoisotopic (exact) mass is 444 g/mol. The minimum atomic E-state index is -4.10. The number of nitrogens with one attached hydrogen (secondary N) is 1. The lowest BCUT2D eigenvalue weighted by Gasteiger charge is -2.26. The van der Waals surface area contributed by atoms with Crippen molar-refractivity contribution in [3.8, 4) is 0 Å². The minimum absolute atomic E-state index is 0.0276. The second-order valence-corrected chi connectivity index (χ2v) is 9.08. The van der Waals surface area contributed by atoms with E-state index in [2.05, 4.69) is 5.32 Å². The molecule has 1 N–H and O–H groups in total. The highest BCUT2D eigenvalue weighted by molar-refractivity contribution is 7.92. The van der Waals surface area contributed by atoms with Crippen molar-refractivity contribution in [1.82, 2.24) is 0 Å². The van der Waals surface area contributed by atoms with Gasteiger partial charge in [-0.05, 0) is 62.2 Å². The second kappa shape index (κ2) is 8.85. The van der Waals surface area contributed by atoms with Crippen LogP contribution in [0.1, 0.15) is 16.7 Å². The molecule has 1 amide bonds. The number of benzene rings is 3. The summed E-state index contributed by atoms with van der Waals surface area (Å²) >= 11 is 0. The van der Waals surface area contributed by atoms with Crippen molar-refractivity contribution in [2.45, 2.75) is 25.7 Å². The average Bonchev–Trinajstić information content (AvgIpc) is 2.71. The molecule has 0 heterocycles. The molecule has 0 atom stereocenters. The van der Waals surface area contributed by atoms with Crippen LogP contribution in [-0.4, -0.2) is 20.9 Å². The number of hydrogen-bond donors (Lipinski definition) is 1. The number of amides is 1. The third kappa shape index (κ3) is 4.91. The normalized spacial score (nSPS) is 11.3. The van der Waals surface area contributed by atoms with Crippen molar-refractivity contribution in [3.05, 3.63) is 89.0 Å².